The van der Waals surface area contributed by atoms with Crippen molar-refractivity contribution in [1.29, 1.82) is 0 Å². The first-order valence-corrected chi connectivity index (χ1v) is 4.85. The van der Waals surface area contributed by atoms with Gasteiger partial charge in [0.1, 0.15) is 5.52 Å². The van der Waals surface area contributed by atoms with Crippen LogP contribution in [-0.2, 0) is 0 Å². The number of hydrogen-bond donors (Lipinski definition) is 0. The Bertz CT molecular complexity index is 514. The lowest BCUT2D eigenvalue weighted by molar-refractivity contribution is -0.383. The van der Waals surface area contributed by atoms with Crippen LogP contribution < -0.4 is 0 Å². The Balaban J connectivity index is 2.80. The number of non-ortho nitro benzene ring substituents is 1. The second-order valence-corrected chi connectivity index (χ2v) is 3.79. The summed E-state index contributed by atoms with van der Waals surface area (Å²) in [6.45, 7) is 4.02. The summed E-state index contributed by atoms with van der Waals surface area (Å²) < 4.78 is 1.92. The average Bonchev–Trinajstić information content (AvgIpc) is 2.60. The lowest BCUT2D eigenvalue weighted by Gasteiger charge is -2.08. The van der Waals surface area contributed by atoms with Gasteiger partial charge in [0.05, 0.1) is 4.92 Å². The summed E-state index contributed by atoms with van der Waals surface area (Å²) >= 11 is 0. The van der Waals surface area contributed by atoms with E-state index >= 15 is 0 Å². The molecule has 2 rings (SSSR count). The number of nitrogens with zero attached hydrogens (tertiary/aromatic N) is 2. The maximum absolute atomic E-state index is 10.9. The molecule has 0 N–H and O–H groups in total. The first-order valence-electron chi connectivity index (χ1n) is 4.85. The summed E-state index contributed by atoms with van der Waals surface area (Å²) in [6.07, 6.45) is 1.89. The van der Waals surface area contributed by atoms with Crippen LogP contribution in [-0.4, -0.2) is 9.49 Å². The fraction of sp³-hybridized carbons (Fsp3) is 0.273. The minimum atomic E-state index is -0.332. The monoisotopic (exact) mass is 204 g/mol. The van der Waals surface area contributed by atoms with Crippen LogP contribution in [0.15, 0.2) is 30.5 Å². The minimum absolute atomic E-state index is 0.172. The molecule has 0 bridgehead atoms. The normalized spacial score (nSPS) is 11.1. The fourth-order valence-electron chi connectivity index (χ4n) is 1.78. The smallest absolute Gasteiger partial charge is 0.293 e. The lowest BCUT2D eigenvalue weighted by Crippen LogP contribution is -2.00. The van der Waals surface area contributed by atoms with E-state index in [9.17, 15) is 10.1 Å². The van der Waals surface area contributed by atoms with Crippen molar-refractivity contribution in [3.63, 3.8) is 0 Å². The molecule has 2 aromatic rings. The van der Waals surface area contributed by atoms with Gasteiger partial charge in [-0.05, 0) is 19.9 Å². The maximum atomic E-state index is 10.9. The molecule has 0 aliphatic carbocycles. The zero-order chi connectivity index (χ0) is 11.0. The molecule has 78 valence electrons. The van der Waals surface area contributed by atoms with E-state index in [1.54, 1.807) is 12.1 Å². The highest BCUT2D eigenvalue weighted by Crippen LogP contribution is 2.28. The number of para-hydroxylation sites is 1. The maximum Gasteiger partial charge on any atom is 0.293 e. The van der Waals surface area contributed by atoms with Gasteiger partial charge in [-0.3, -0.25) is 10.1 Å². The second kappa shape index (κ2) is 3.38. The molecule has 4 heteroatoms. The molecule has 0 unspecified atom stereocenters. The molecule has 0 saturated heterocycles. The van der Waals surface area contributed by atoms with E-state index in [4.69, 9.17) is 0 Å². The quantitative estimate of drug-likeness (QED) is 0.557. The SMILES string of the molecule is CC(C)n1ccc2cccc([N+](=O)[O-])c21. The van der Waals surface area contributed by atoms with Crippen molar-refractivity contribution >= 4 is 16.6 Å². The van der Waals surface area contributed by atoms with Crippen LogP contribution in [0.3, 0.4) is 0 Å². The summed E-state index contributed by atoms with van der Waals surface area (Å²) in [5.41, 5.74) is 0.878. The molecular weight excluding hydrogens is 192 g/mol. The van der Waals surface area contributed by atoms with Crippen LogP contribution in [0.25, 0.3) is 10.9 Å². The van der Waals surface area contributed by atoms with Crippen LogP contribution in [0.4, 0.5) is 5.69 Å². The Labute approximate surface area is 87.3 Å². The van der Waals surface area contributed by atoms with Crippen molar-refractivity contribution in [2.24, 2.45) is 0 Å². The van der Waals surface area contributed by atoms with E-state index in [1.165, 1.54) is 0 Å². The molecule has 1 heterocycles. The molecule has 0 radical (unpaired) electrons. The van der Waals surface area contributed by atoms with Crippen LogP contribution in [0, 0.1) is 10.1 Å². The van der Waals surface area contributed by atoms with E-state index in [0.717, 1.165) is 5.39 Å². The molecule has 1 aromatic carbocycles. The molecule has 0 spiro atoms. The second-order valence-electron chi connectivity index (χ2n) is 3.79. The van der Waals surface area contributed by atoms with Gasteiger partial charge in [-0.2, -0.15) is 0 Å². The minimum Gasteiger partial charge on any atom is -0.339 e. The summed E-state index contributed by atoms with van der Waals surface area (Å²) in [4.78, 5) is 10.5. The van der Waals surface area contributed by atoms with E-state index in [2.05, 4.69) is 0 Å². The van der Waals surface area contributed by atoms with Crippen molar-refractivity contribution in [3.8, 4) is 0 Å². The summed E-state index contributed by atoms with van der Waals surface area (Å²) in [6, 6.07) is 7.28. The Kier molecular flexibility index (Phi) is 2.19. The largest absolute Gasteiger partial charge is 0.339 e. The van der Waals surface area contributed by atoms with Crippen molar-refractivity contribution in [3.05, 3.63) is 40.6 Å². The topological polar surface area (TPSA) is 48.1 Å². The Morgan fingerprint density at radius 3 is 2.67 bits per heavy atom. The molecule has 0 saturated carbocycles. The van der Waals surface area contributed by atoms with Gasteiger partial charge in [-0.1, -0.05) is 12.1 Å². The summed E-state index contributed by atoms with van der Waals surface area (Å²) in [5, 5.41) is 11.8. The third-order valence-corrected chi connectivity index (χ3v) is 2.47. The molecule has 0 fully saturated rings. The van der Waals surface area contributed by atoms with Gasteiger partial charge in [0, 0.05) is 23.7 Å². The first kappa shape index (κ1) is 9.71. The van der Waals surface area contributed by atoms with Gasteiger partial charge in [0.25, 0.3) is 5.69 Å². The molecule has 4 nitrogen and oxygen atoms in total. The Morgan fingerprint density at radius 1 is 1.33 bits per heavy atom. The number of nitro groups is 1. The molecule has 0 atom stereocenters. The summed E-state index contributed by atoms with van der Waals surface area (Å²) in [5.74, 6) is 0. The van der Waals surface area contributed by atoms with E-state index in [0.29, 0.717) is 5.52 Å². The highest BCUT2D eigenvalue weighted by Gasteiger charge is 2.16. The van der Waals surface area contributed by atoms with Gasteiger partial charge in [0.2, 0.25) is 0 Å². The van der Waals surface area contributed by atoms with E-state index in [1.807, 2.05) is 36.7 Å². The Morgan fingerprint density at radius 2 is 2.07 bits per heavy atom. The number of benzene rings is 1. The number of nitro benzene ring substituents is 1. The average molecular weight is 204 g/mol. The third kappa shape index (κ3) is 1.48. The zero-order valence-corrected chi connectivity index (χ0v) is 8.68. The van der Waals surface area contributed by atoms with Crippen LogP contribution in [0.2, 0.25) is 0 Å². The molecule has 0 amide bonds. The lowest BCUT2D eigenvalue weighted by atomic mass is 10.2. The van der Waals surface area contributed by atoms with Crippen molar-refractivity contribution in [1.82, 2.24) is 4.57 Å². The van der Waals surface area contributed by atoms with E-state index < -0.39 is 0 Å². The third-order valence-electron chi connectivity index (χ3n) is 2.47. The molecule has 1 aromatic heterocycles. The predicted octanol–water partition coefficient (Wildman–Crippen LogP) is 3.13. The Hall–Kier alpha value is -1.84. The van der Waals surface area contributed by atoms with Crippen molar-refractivity contribution < 1.29 is 4.92 Å². The van der Waals surface area contributed by atoms with Gasteiger partial charge < -0.3 is 4.57 Å². The number of rotatable bonds is 2. The number of aromatic nitrogens is 1. The summed E-state index contributed by atoms with van der Waals surface area (Å²) in [7, 11) is 0. The van der Waals surface area contributed by atoms with E-state index in [-0.39, 0.29) is 16.7 Å². The zero-order valence-electron chi connectivity index (χ0n) is 8.68. The van der Waals surface area contributed by atoms with Gasteiger partial charge >= 0.3 is 0 Å². The fourth-order valence-corrected chi connectivity index (χ4v) is 1.78. The van der Waals surface area contributed by atoms with Gasteiger partial charge in [-0.25, -0.2) is 0 Å². The highest BCUT2D eigenvalue weighted by molar-refractivity contribution is 5.88. The van der Waals surface area contributed by atoms with Gasteiger partial charge in [0.15, 0.2) is 0 Å². The molecule has 15 heavy (non-hydrogen) atoms. The van der Waals surface area contributed by atoms with Crippen molar-refractivity contribution in [2.75, 3.05) is 0 Å². The predicted molar refractivity (Wildman–Crippen MR) is 59.0 cm³/mol. The number of fused-ring (bicyclic) bond motifs is 1. The van der Waals surface area contributed by atoms with Crippen LogP contribution in [0.1, 0.15) is 19.9 Å². The molecule has 0 aliphatic heterocycles. The standard InChI is InChI=1S/C11H12N2O2/c1-8(2)12-7-6-9-4-3-5-10(11(9)12)13(14)15/h3-8H,1-2H3. The van der Waals surface area contributed by atoms with Crippen molar-refractivity contribution in [2.45, 2.75) is 19.9 Å². The molecule has 0 aliphatic rings. The highest BCUT2D eigenvalue weighted by atomic mass is 16.6. The van der Waals surface area contributed by atoms with Crippen LogP contribution in [0.5, 0.6) is 0 Å². The van der Waals surface area contributed by atoms with Gasteiger partial charge in [-0.15, -0.1) is 0 Å². The number of hydrogen-bond acceptors (Lipinski definition) is 2. The first-order chi connectivity index (χ1) is 7.11. The molecular formula is C11H12N2O2. The van der Waals surface area contributed by atoms with Crippen LogP contribution >= 0.6 is 0 Å².